The first-order chi connectivity index (χ1) is 0. The van der Waals surface area contributed by atoms with Gasteiger partial charge >= 0.3 is 21.7 Å². The van der Waals surface area contributed by atoms with Crippen molar-refractivity contribution in [2.24, 2.45) is 0 Å². The summed E-state index contributed by atoms with van der Waals surface area (Å²) in [5.74, 6) is 0. The second kappa shape index (κ2) is 86.4. The van der Waals surface area contributed by atoms with E-state index in [1.54, 1.807) is 0 Å². The molecule has 0 N–H and O–H groups in total. The van der Waals surface area contributed by atoms with Crippen molar-refractivity contribution >= 4 is 0 Å². The van der Waals surface area contributed by atoms with E-state index in [0.29, 0.717) is 0 Å². The molecule has 0 heterocycles. The molecule has 0 bridgehead atoms. The maximum atomic E-state index is 0. The van der Waals surface area contributed by atoms with Crippen LogP contribution in [0.5, 0.6) is 0 Å². The van der Waals surface area contributed by atoms with Crippen molar-refractivity contribution in [2.75, 3.05) is 0 Å². The molecule has 0 aliphatic rings. The molecule has 0 saturated carbocycles. The smallest absolute Gasteiger partial charge is 1.00 e. The second-order valence-electron chi connectivity index (χ2n) is 0. The van der Waals surface area contributed by atoms with Crippen molar-refractivity contribution in [3.8, 4) is 0 Å². The van der Waals surface area contributed by atoms with Gasteiger partial charge in [-0.2, -0.15) is 0 Å². The normalized spacial score (nSPS) is 0. The maximum Gasteiger partial charge on any atom is 2.00 e. The third-order valence-electron chi connectivity index (χ3n) is 0. The zero-order valence-corrected chi connectivity index (χ0v) is 3.20. The van der Waals surface area contributed by atoms with Crippen LogP contribution in [0.2, 0.25) is 0 Å². The van der Waals surface area contributed by atoms with Crippen LogP contribution < -0.4 is 14.1 Å². The van der Waals surface area contributed by atoms with Crippen LogP contribution in [0, 0.1) is 0 Å². The molecular formula is F3Ti-. The average Bonchev–Trinajstić information content (AvgIpc) is 0. The van der Waals surface area contributed by atoms with Crippen LogP contribution in [0.25, 0.3) is 0 Å². The van der Waals surface area contributed by atoms with Gasteiger partial charge in [0.15, 0.2) is 0 Å². The maximum absolute atomic E-state index is 0. The predicted molar refractivity (Wildman–Crippen MR) is 0 cm³/mol. The van der Waals surface area contributed by atoms with Gasteiger partial charge in [-0.05, 0) is 0 Å². The van der Waals surface area contributed by atoms with Crippen molar-refractivity contribution in [3.05, 3.63) is 0 Å². The number of rotatable bonds is 0. The molecule has 0 aliphatic carbocycles. The summed E-state index contributed by atoms with van der Waals surface area (Å²) in [7, 11) is 0. The molecule has 0 amide bonds. The van der Waals surface area contributed by atoms with Gasteiger partial charge in [0.25, 0.3) is 0 Å². The third kappa shape index (κ3) is 22.3. The molecule has 4 heavy (non-hydrogen) atoms. The van der Waals surface area contributed by atoms with Gasteiger partial charge in [0.1, 0.15) is 0 Å². The molecule has 0 unspecified atom stereocenters. The second-order valence-corrected chi connectivity index (χ2v) is 0. The van der Waals surface area contributed by atoms with E-state index >= 15 is 0 Å². The summed E-state index contributed by atoms with van der Waals surface area (Å²) in [5.41, 5.74) is 0. The van der Waals surface area contributed by atoms with E-state index < -0.39 is 0 Å². The molecule has 0 fully saturated rings. The van der Waals surface area contributed by atoms with Crippen LogP contribution in [0.3, 0.4) is 0 Å². The van der Waals surface area contributed by atoms with E-state index in [-0.39, 0.29) is 35.8 Å². The summed E-state index contributed by atoms with van der Waals surface area (Å²) in [6.45, 7) is 0. The van der Waals surface area contributed by atoms with E-state index in [0.717, 1.165) is 0 Å². The van der Waals surface area contributed by atoms with Crippen molar-refractivity contribution in [1.29, 1.82) is 0 Å². The topological polar surface area (TPSA) is 0 Å². The molecule has 0 aromatic heterocycles. The first-order valence-corrected chi connectivity index (χ1v) is 0. The number of halogens is 3. The molecule has 0 nitrogen and oxygen atoms in total. The monoisotopic (exact) mass is 105 g/mol. The Morgan fingerprint density at radius 1 is 0.500 bits per heavy atom. The van der Waals surface area contributed by atoms with Crippen molar-refractivity contribution < 1.29 is 35.8 Å². The van der Waals surface area contributed by atoms with Crippen molar-refractivity contribution in [2.45, 2.75) is 0 Å². The fourth-order valence-electron chi connectivity index (χ4n) is 0. The fraction of sp³-hybridized carbons (Fsp3) is 0. The summed E-state index contributed by atoms with van der Waals surface area (Å²) >= 11 is 0. The Hall–Kier alpha value is 0.504. The Kier molecular flexibility index (Phi) is 4700. The van der Waals surface area contributed by atoms with Crippen LogP contribution >= 0.6 is 0 Å². The molecule has 0 saturated heterocycles. The Bertz CT molecular complexity index is 3.25. The summed E-state index contributed by atoms with van der Waals surface area (Å²) in [5, 5.41) is 0. The van der Waals surface area contributed by atoms with Gasteiger partial charge in [-0.25, -0.2) is 0 Å². The molecule has 0 atom stereocenters. The SMILES string of the molecule is [F-].[F-].[F-].[Ti+2]. The average molecular weight is 105 g/mol. The summed E-state index contributed by atoms with van der Waals surface area (Å²) < 4.78 is 0. The molecule has 0 aliphatic heterocycles. The predicted octanol–water partition coefficient (Wildman–Crippen LogP) is -8.99. The standard InChI is InChI=1S/3FH.Ti/h3*1H;/q;;;+2/p-3. The molecule has 0 aromatic carbocycles. The van der Waals surface area contributed by atoms with E-state index in [1.165, 1.54) is 0 Å². The minimum absolute atomic E-state index is 0. The van der Waals surface area contributed by atoms with Crippen LogP contribution in [-0.4, -0.2) is 0 Å². The Morgan fingerprint density at radius 3 is 0.500 bits per heavy atom. The van der Waals surface area contributed by atoms with Gasteiger partial charge in [-0.1, -0.05) is 0 Å². The van der Waals surface area contributed by atoms with E-state index in [9.17, 15) is 0 Å². The molecule has 0 rings (SSSR count). The molecule has 26 valence electrons. The van der Waals surface area contributed by atoms with Crippen molar-refractivity contribution in [1.82, 2.24) is 0 Å². The number of hydrogen-bond donors (Lipinski definition) is 0. The quantitative estimate of drug-likeness (QED) is 0.268. The largest absolute Gasteiger partial charge is 2.00 e. The Labute approximate surface area is 36.6 Å². The van der Waals surface area contributed by atoms with Crippen LogP contribution in [0.1, 0.15) is 0 Å². The van der Waals surface area contributed by atoms with Gasteiger partial charge in [0.05, 0.1) is 0 Å². The third-order valence-corrected chi connectivity index (χ3v) is 0. The molecule has 0 radical (unpaired) electrons. The summed E-state index contributed by atoms with van der Waals surface area (Å²) in [6.07, 6.45) is 0. The zero-order valence-electron chi connectivity index (χ0n) is 1.63. The van der Waals surface area contributed by atoms with Crippen LogP contribution in [-0.2, 0) is 21.7 Å². The van der Waals surface area contributed by atoms with Gasteiger partial charge < -0.3 is 14.1 Å². The molecule has 0 spiro atoms. The van der Waals surface area contributed by atoms with E-state index in [2.05, 4.69) is 0 Å². The number of hydrogen-bond acceptors (Lipinski definition) is 0. The Balaban J connectivity index is 0. The fourth-order valence-corrected chi connectivity index (χ4v) is 0. The van der Waals surface area contributed by atoms with Crippen LogP contribution in [0.4, 0.5) is 0 Å². The Morgan fingerprint density at radius 2 is 0.500 bits per heavy atom. The minimum atomic E-state index is 0. The summed E-state index contributed by atoms with van der Waals surface area (Å²) in [6, 6.07) is 0. The van der Waals surface area contributed by atoms with Gasteiger partial charge in [-0.15, -0.1) is 0 Å². The van der Waals surface area contributed by atoms with E-state index in [1.807, 2.05) is 0 Å². The molecular weight excluding hydrogens is 105 g/mol. The van der Waals surface area contributed by atoms with Crippen LogP contribution in [0.15, 0.2) is 0 Å². The summed E-state index contributed by atoms with van der Waals surface area (Å²) in [4.78, 5) is 0. The van der Waals surface area contributed by atoms with Crippen molar-refractivity contribution in [3.63, 3.8) is 0 Å². The first kappa shape index (κ1) is 218. The minimum Gasteiger partial charge on any atom is -1.00 e. The van der Waals surface area contributed by atoms with Gasteiger partial charge in [0.2, 0.25) is 0 Å². The van der Waals surface area contributed by atoms with Gasteiger partial charge in [-0.3, -0.25) is 0 Å². The van der Waals surface area contributed by atoms with Gasteiger partial charge in [0, 0.05) is 0 Å². The van der Waals surface area contributed by atoms with E-state index in [4.69, 9.17) is 0 Å². The zero-order chi connectivity index (χ0) is 0. The molecule has 4 heteroatoms. The molecule has 0 aromatic rings. The first-order valence-electron chi connectivity index (χ1n) is 0.